The van der Waals surface area contributed by atoms with Crippen LogP contribution in [0.5, 0.6) is 0 Å². The lowest BCUT2D eigenvalue weighted by Gasteiger charge is -2.58. The molecule has 0 saturated carbocycles. The smallest absolute Gasteiger partial charge is 0.295 e. The Balaban J connectivity index is 1.94. The molecule has 18 heavy (non-hydrogen) atoms. The van der Waals surface area contributed by atoms with Crippen molar-refractivity contribution in [1.29, 1.82) is 0 Å². The molecule has 2 aliphatic rings. The van der Waals surface area contributed by atoms with Gasteiger partial charge in [0, 0.05) is 25.6 Å². The monoisotopic (exact) mass is 258 g/mol. The summed E-state index contributed by atoms with van der Waals surface area (Å²) in [5.41, 5.74) is -0.702. The van der Waals surface area contributed by atoms with Crippen LogP contribution in [-0.4, -0.2) is 46.4 Å². The molecule has 2 atom stereocenters. The van der Waals surface area contributed by atoms with Crippen molar-refractivity contribution < 1.29 is 9.92 Å². The molecule has 2 rings (SSSR count). The van der Waals surface area contributed by atoms with Gasteiger partial charge in [-0.15, -0.1) is 15.0 Å². The van der Waals surface area contributed by atoms with Crippen molar-refractivity contribution in [1.82, 2.24) is 9.91 Å². The maximum Gasteiger partial charge on any atom is 0.295 e. The van der Waals surface area contributed by atoms with E-state index in [0.717, 1.165) is 6.42 Å². The van der Waals surface area contributed by atoms with Crippen LogP contribution in [-0.2, 0) is 4.84 Å². The van der Waals surface area contributed by atoms with E-state index < -0.39 is 10.7 Å². The Morgan fingerprint density at radius 3 is 2.61 bits per heavy atom. The Morgan fingerprint density at radius 2 is 2.17 bits per heavy atom. The summed E-state index contributed by atoms with van der Waals surface area (Å²) in [5.74, 6) is 0.410. The van der Waals surface area contributed by atoms with Gasteiger partial charge in [-0.1, -0.05) is 13.8 Å². The number of hydrogen-bond donors (Lipinski definition) is 0. The number of rotatable bonds is 6. The van der Waals surface area contributed by atoms with Crippen molar-refractivity contribution in [2.75, 3.05) is 19.6 Å². The largest absolute Gasteiger partial charge is 0.305 e. The topological polar surface area (TPSA) is 88.3 Å². The highest BCUT2D eigenvalue weighted by Crippen LogP contribution is 2.38. The molecule has 2 unspecified atom stereocenters. The van der Waals surface area contributed by atoms with E-state index >= 15 is 0 Å². The highest BCUT2D eigenvalue weighted by Gasteiger charge is 2.53. The van der Waals surface area contributed by atoms with Crippen molar-refractivity contribution in [3.05, 3.63) is 15.0 Å². The normalized spacial score (nSPS) is 30.2. The van der Waals surface area contributed by atoms with Crippen LogP contribution < -0.4 is 0 Å². The molecule has 2 heterocycles. The molecule has 2 fully saturated rings. The lowest BCUT2D eigenvalue weighted by Crippen LogP contribution is -2.73. The second kappa shape index (κ2) is 4.68. The van der Waals surface area contributed by atoms with Gasteiger partial charge in [0.1, 0.15) is 11.8 Å². The average Bonchev–Trinajstić information content (AvgIpc) is 2.24. The third-order valence-electron chi connectivity index (χ3n) is 4.05. The molecule has 8 nitrogen and oxygen atoms in total. The Labute approximate surface area is 105 Å². The first-order valence-electron chi connectivity index (χ1n) is 6.22. The van der Waals surface area contributed by atoms with Crippen molar-refractivity contribution >= 4 is 0 Å². The second-order valence-electron chi connectivity index (χ2n) is 5.04. The van der Waals surface area contributed by atoms with E-state index in [1.165, 1.54) is 5.01 Å². The lowest BCUT2D eigenvalue weighted by atomic mass is 9.84. The third kappa shape index (κ3) is 2.00. The summed E-state index contributed by atoms with van der Waals surface area (Å²) >= 11 is 0. The van der Waals surface area contributed by atoms with Gasteiger partial charge in [-0.25, -0.2) is 5.01 Å². The molecule has 0 aromatic heterocycles. The Morgan fingerprint density at radius 1 is 1.50 bits per heavy atom. The van der Waals surface area contributed by atoms with Crippen LogP contribution in [0.2, 0.25) is 0 Å². The number of hydrogen-bond acceptors (Lipinski definition) is 6. The molecule has 0 amide bonds. The maximum atomic E-state index is 10.6. The molecule has 2 saturated heterocycles. The third-order valence-corrected chi connectivity index (χ3v) is 4.05. The fraction of sp³-hybridized carbons (Fsp3) is 1.00. The van der Waals surface area contributed by atoms with E-state index in [1.807, 2.05) is 11.8 Å². The van der Waals surface area contributed by atoms with Gasteiger partial charge in [0.25, 0.3) is 5.09 Å². The number of likely N-dealkylation sites (tertiary alicyclic amines) is 1. The van der Waals surface area contributed by atoms with E-state index in [4.69, 9.17) is 4.84 Å². The summed E-state index contributed by atoms with van der Waals surface area (Å²) in [5, 5.41) is 14.2. The minimum atomic E-state index is -0.728. The van der Waals surface area contributed by atoms with Crippen LogP contribution in [0.4, 0.5) is 0 Å². The molecule has 0 aliphatic carbocycles. The highest BCUT2D eigenvalue weighted by molar-refractivity contribution is 5.02. The molecule has 0 spiro atoms. The molecule has 0 aromatic carbocycles. The van der Waals surface area contributed by atoms with Crippen LogP contribution >= 0.6 is 0 Å². The van der Waals surface area contributed by atoms with Gasteiger partial charge >= 0.3 is 0 Å². The zero-order valence-corrected chi connectivity index (χ0v) is 10.6. The van der Waals surface area contributed by atoms with Gasteiger partial charge < -0.3 is 4.84 Å². The van der Waals surface area contributed by atoms with Gasteiger partial charge in [-0.3, -0.25) is 4.90 Å². The summed E-state index contributed by atoms with van der Waals surface area (Å²) in [6.07, 6.45) is 1.55. The standard InChI is InChI=1S/C10H18N4O4/c1-3-8-5-13(11-15)9(8)12-6-10(4-2,7-12)18-14(16)17/h8-9H,3-7H2,1-2H3. The Bertz CT molecular complexity index is 345. The zero-order valence-electron chi connectivity index (χ0n) is 10.6. The van der Waals surface area contributed by atoms with Gasteiger partial charge in [0.05, 0.1) is 5.29 Å². The molecule has 2 aliphatic heterocycles. The van der Waals surface area contributed by atoms with Crippen LogP contribution in [0, 0.1) is 20.9 Å². The summed E-state index contributed by atoms with van der Waals surface area (Å²) < 4.78 is 0. The summed E-state index contributed by atoms with van der Waals surface area (Å²) in [7, 11) is 0. The van der Waals surface area contributed by atoms with Gasteiger partial charge in [-0.2, -0.15) is 0 Å². The number of nitrogens with zero attached hydrogens (tertiary/aromatic N) is 4. The highest BCUT2D eigenvalue weighted by atomic mass is 17.0. The molecule has 0 N–H and O–H groups in total. The van der Waals surface area contributed by atoms with E-state index in [9.17, 15) is 15.0 Å². The molecule has 8 heteroatoms. The Kier molecular flexibility index (Phi) is 3.38. The molecule has 0 aromatic rings. The molecular weight excluding hydrogens is 240 g/mol. The Hall–Kier alpha value is -1.44. The van der Waals surface area contributed by atoms with E-state index in [2.05, 4.69) is 12.2 Å². The first-order chi connectivity index (χ1) is 8.55. The van der Waals surface area contributed by atoms with Gasteiger partial charge in [0.2, 0.25) is 0 Å². The van der Waals surface area contributed by atoms with E-state index in [1.54, 1.807) is 0 Å². The lowest BCUT2D eigenvalue weighted by molar-refractivity contribution is -0.786. The first-order valence-corrected chi connectivity index (χ1v) is 6.22. The van der Waals surface area contributed by atoms with Crippen molar-refractivity contribution in [2.24, 2.45) is 11.2 Å². The average molecular weight is 258 g/mol. The first kappa shape index (κ1) is 13.0. The fourth-order valence-corrected chi connectivity index (χ4v) is 2.84. The summed E-state index contributed by atoms with van der Waals surface area (Å²) in [6, 6.07) is 0. The summed E-state index contributed by atoms with van der Waals surface area (Å²) in [6.45, 7) is 5.58. The zero-order chi connectivity index (χ0) is 13.3. The minimum Gasteiger partial charge on any atom is -0.305 e. The molecule has 0 bridgehead atoms. The van der Waals surface area contributed by atoms with E-state index in [0.29, 0.717) is 32.0 Å². The van der Waals surface area contributed by atoms with Crippen LogP contribution in [0.15, 0.2) is 5.29 Å². The van der Waals surface area contributed by atoms with Gasteiger partial charge in [-0.05, 0) is 12.8 Å². The summed E-state index contributed by atoms with van der Waals surface area (Å²) in [4.78, 5) is 27.9. The van der Waals surface area contributed by atoms with Crippen molar-refractivity contribution in [3.8, 4) is 0 Å². The van der Waals surface area contributed by atoms with Crippen LogP contribution in [0.25, 0.3) is 0 Å². The second-order valence-corrected chi connectivity index (χ2v) is 5.04. The van der Waals surface area contributed by atoms with Crippen LogP contribution in [0.1, 0.15) is 26.7 Å². The maximum absolute atomic E-state index is 10.6. The predicted octanol–water partition coefficient (Wildman–Crippen LogP) is 1.01. The fourth-order valence-electron chi connectivity index (χ4n) is 2.84. The van der Waals surface area contributed by atoms with Crippen LogP contribution in [0.3, 0.4) is 0 Å². The van der Waals surface area contributed by atoms with Crippen molar-refractivity contribution in [3.63, 3.8) is 0 Å². The predicted molar refractivity (Wildman–Crippen MR) is 62.7 cm³/mol. The quantitative estimate of drug-likeness (QED) is 0.401. The van der Waals surface area contributed by atoms with Gasteiger partial charge in [0.15, 0.2) is 0 Å². The SMILES string of the molecule is CCC1CN(N=O)C1N1CC(CC)(O[N+](=O)[O-])C1. The van der Waals surface area contributed by atoms with Crippen molar-refractivity contribution in [2.45, 2.75) is 38.5 Å². The molecule has 102 valence electrons. The molecule has 0 radical (unpaired) electrons. The minimum absolute atomic E-state index is 0.0115. The molecular formula is C10H18N4O4. The number of nitroso groups, excluding NO2 is 1. The van der Waals surface area contributed by atoms with E-state index in [-0.39, 0.29) is 6.17 Å².